The van der Waals surface area contributed by atoms with Gasteiger partial charge in [-0.2, -0.15) is 16.4 Å². The van der Waals surface area contributed by atoms with Gasteiger partial charge in [0.05, 0.1) is 4.92 Å². The third kappa shape index (κ3) is 2.67. The maximum Gasteiger partial charge on any atom is 0.334 e. The van der Waals surface area contributed by atoms with E-state index in [9.17, 15) is 10.1 Å². The predicted octanol–water partition coefficient (Wildman–Crippen LogP) is 3.43. The Morgan fingerprint density at radius 1 is 1.50 bits per heavy atom. The lowest BCUT2D eigenvalue weighted by Gasteiger charge is -2.06. The van der Waals surface area contributed by atoms with Gasteiger partial charge in [0.25, 0.3) is 0 Å². The molecule has 0 aliphatic heterocycles. The first-order chi connectivity index (χ1) is 9.41. The number of aryl methyl sites for hydroxylation is 2. The van der Waals surface area contributed by atoms with Gasteiger partial charge in [-0.05, 0) is 28.8 Å². The molecule has 0 atom stereocenters. The van der Waals surface area contributed by atoms with E-state index in [1.807, 2.05) is 26.2 Å². The zero-order valence-corrected chi connectivity index (χ0v) is 12.8. The minimum Gasteiger partial charge on any atom is -0.360 e. The van der Waals surface area contributed by atoms with Crippen LogP contribution < -0.4 is 5.32 Å². The molecule has 2 heterocycles. The lowest BCUT2D eigenvalue weighted by molar-refractivity contribution is -0.384. The first-order valence-corrected chi connectivity index (χ1v) is 7.33. The molecule has 0 amide bonds. The molecule has 108 valence electrons. The second-order valence-corrected chi connectivity index (χ2v) is 5.80. The predicted molar refractivity (Wildman–Crippen MR) is 80.3 cm³/mol. The number of nitro groups is 1. The molecule has 7 heteroatoms. The molecule has 0 aromatic carbocycles. The number of hydrogen-bond acceptors (Lipinski definition) is 5. The number of aromatic nitrogens is 2. The lowest BCUT2D eigenvalue weighted by Crippen LogP contribution is -2.06. The smallest absolute Gasteiger partial charge is 0.334 e. The van der Waals surface area contributed by atoms with Crippen molar-refractivity contribution in [3.05, 3.63) is 37.7 Å². The van der Waals surface area contributed by atoms with Crippen molar-refractivity contribution in [2.75, 3.05) is 5.32 Å². The first kappa shape index (κ1) is 14.5. The zero-order chi connectivity index (χ0) is 14.9. The van der Waals surface area contributed by atoms with Gasteiger partial charge in [0.1, 0.15) is 5.69 Å². The van der Waals surface area contributed by atoms with Crippen LogP contribution in [0.1, 0.15) is 36.6 Å². The van der Waals surface area contributed by atoms with Crippen molar-refractivity contribution in [3.8, 4) is 0 Å². The number of nitrogens with one attached hydrogen (secondary N) is 1. The minimum absolute atomic E-state index is 0.0139. The number of rotatable bonds is 5. The van der Waals surface area contributed by atoms with Crippen molar-refractivity contribution in [1.82, 2.24) is 9.78 Å². The molecule has 0 saturated heterocycles. The molecule has 0 bridgehead atoms. The van der Waals surface area contributed by atoms with E-state index in [2.05, 4.69) is 15.8 Å². The molecule has 0 saturated carbocycles. The van der Waals surface area contributed by atoms with Gasteiger partial charge in [0, 0.05) is 19.5 Å². The first-order valence-electron chi connectivity index (χ1n) is 6.38. The van der Waals surface area contributed by atoms with Gasteiger partial charge in [-0.3, -0.25) is 10.1 Å². The SMILES string of the molecule is Cc1cscc1CNc1c([N+](=O)[O-])c(C(C)C)nn1C. The minimum atomic E-state index is -0.356. The van der Waals surface area contributed by atoms with E-state index in [0.29, 0.717) is 18.1 Å². The normalized spacial score (nSPS) is 11.1. The summed E-state index contributed by atoms with van der Waals surface area (Å²) in [5.74, 6) is 0.476. The molecular weight excluding hydrogens is 276 g/mol. The molecule has 0 fully saturated rings. The second kappa shape index (κ2) is 5.62. The van der Waals surface area contributed by atoms with Gasteiger partial charge < -0.3 is 5.32 Å². The van der Waals surface area contributed by atoms with Crippen LogP contribution in [-0.4, -0.2) is 14.7 Å². The van der Waals surface area contributed by atoms with Crippen LogP contribution in [0.25, 0.3) is 0 Å². The molecule has 20 heavy (non-hydrogen) atoms. The van der Waals surface area contributed by atoms with Crippen molar-refractivity contribution in [2.24, 2.45) is 7.05 Å². The van der Waals surface area contributed by atoms with E-state index in [4.69, 9.17) is 0 Å². The van der Waals surface area contributed by atoms with Crippen LogP contribution in [0.4, 0.5) is 11.5 Å². The average molecular weight is 294 g/mol. The van der Waals surface area contributed by atoms with Crippen molar-refractivity contribution < 1.29 is 4.92 Å². The Morgan fingerprint density at radius 2 is 2.20 bits per heavy atom. The second-order valence-electron chi connectivity index (χ2n) is 5.05. The average Bonchev–Trinajstić information content (AvgIpc) is 2.90. The summed E-state index contributed by atoms with van der Waals surface area (Å²) < 4.78 is 1.55. The van der Waals surface area contributed by atoms with E-state index in [1.54, 1.807) is 23.1 Å². The Morgan fingerprint density at radius 3 is 2.70 bits per heavy atom. The third-order valence-electron chi connectivity index (χ3n) is 3.19. The quantitative estimate of drug-likeness (QED) is 0.677. The number of thiophene rings is 1. The van der Waals surface area contributed by atoms with E-state index in [-0.39, 0.29) is 16.5 Å². The molecule has 0 radical (unpaired) electrons. The summed E-state index contributed by atoms with van der Waals surface area (Å²) in [5, 5.41) is 22.8. The molecule has 2 rings (SSSR count). The van der Waals surface area contributed by atoms with Crippen LogP contribution in [0.2, 0.25) is 0 Å². The monoisotopic (exact) mass is 294 g/mol. The van der Waals surface area contributed by atoms with Crippen molar-refractivity contribution in [3.63, 3.8) is 0 Å². The Bertz CT molecular complexity index is 630. The molecule has 0 aliphatic carbocycles. The topological polar surface area (TPSA) is 73.0 Å². The lowest BCUT2D eigenvalue weighted by atomic mass is 10.1. The summed E-state index contributed by atoms with van der Waals surface area (Å²) >= 11 is 1.63. The zero-order valence-electron chi connectivity index (χ0n) is 12.0. The van der Waals surface area contributed by atoms with Gasteiger partial charge in [0.2, 0.25) is 5.82 Å². The molecule has 0 spiro atoms. The standard InChI is InChI=1S/C13H18N4O2S/c1-8(2)11-12(17(18)19)13(16(4)15-11)14-5-10-7-20-6-9(10)3/h6-8,14H,5H2,1-4H3. The fourth-order valence-electron chi connectivity index (χ4n) is 2.05. The molecule has 6 nitrogen and oxygen atoms in total. The van der Waals surface area contributed by atoms with Gasteiger partial charge in [0.15, 0.2) is 0 Å². The van der Waals surface area contributed by atoms with Gasteiger partial charge in [-0.1, -0.05) is 13.8 Å². The van der Waals surface area contributed by atoms with Gasteiger partial charge in [-0.25, -0.2) is 4.68 Å². The summed E-state index contributed by atoms with van der Waals surface area (Å²) in [5.41, 5.74) is 2.94. The van der Waals surface area contributed by atoms with Crippen LogP contribution in [0.15, 0.2) is 10.8 Å². The maximum absolute atomic E-state index is 11.3. The van der Waals surface area contributed by atoms with E-state index in [1.165, 1.54) is 5.56 Å². The van der Waals surface area contributed by atoms with Crippen LogP contribution >= 0.6 is 11.3 Å². The Balaban J connectivity index is 2.31. The highest BCUT2D eigenvalue weighted by molar-refractivity contribution is 7.08. The Kier molecular flexibility index (Phi) is 4.08. The summed E-state index contributed by atoms with van der Waals surface area (Å²) in [7, 11) is 1.72. The molecule has 2 aromatic heterocycles. The van der Waals surface area contributed by atoms with Crippen LogP contribution in [0.3, 0.4) is 0 Å². The van der Waals surface area contributed by atoms with Crippen molar-refractivity contribution in [2.45, 2.75) is 33.2 Å². The van der Waals surface area contributed by atoms with Crippen LogP contribution in [0.5, 0.6) is 0 Å². The Hall–Kier alpha value is -1.89. The number of anilines is 1. The van der Waals surface area contributed by atoms with Crippen molar-refractivity contribution >= 4 is 22.8 Å². The Labute approximate surface area is 121 Å². The molecule has 0 aliphatic rings. The molecule has 1 N–H and O–H groups in total. The van der Waals surface area contributed by atoms with E-state index in [0.717, 1.165) is 5.56 Å². The number of nitrogens with zero attached hydrogens (tertiary/aromatic N) is 3. The van der Waals surface area contributed by atoms with E-state index >= 15 is 0 Å². The maximum atomic E-state index is 11.3. The molecule has 0 unspecified atom stereocenters. The van der Waals surface area contributed by atoms with Gasteiger partial charge >= 0.3 is 5.69 Å². The third-order valence-corrected chi connectivity index (χ3v) is 4.10. The molecular formula is C13H18N4O2S. The van der Waals surface area contributed by atoms with Crippen molar-refractivity contribution in [1.29, 1.82) is 0 Å². The summed E-state index contributed by atoms with van der Waals surface area (Å²) in [6.45, 7) is 6.40. The highest BCUT2D eigenvalue weighted by Crippen LogP contribution is 2.33. The van der Waals surface area contributed by atoms with Crippen LogP contribution in [-0.2, 0) is 13.6 Å². The number of hydrogen-bond donors (Lipinski definition) is 1. The highest BCUT2D eigenvalue weighted by Gasteiger charge is 2.28. The fraction of sp³-hybridized carbons (Fsp3) is 0.462. The summed E-state index contributed by atoms with van der Waals surface area (Å²) in [4.78, 5) is 10.9. The fourth-order valence-corrected chi connectivity index (χ4v) is 2.90. The summed E-state index contributed by atoms with van der Waals surface area (Å²) in [6, 6.07) is 0. The van der Waals surface area contributed by atoms with Gasteiger partial charge in [-0.15, -0.1) is 0 Å². The highest BCUT2D eigenvalue weighted by atomic mass is 32.1. The largest absolute Gasteiger partial charge is 0.360 e. The summed E-state index contributed by atoms with van der Waals surface area (Å²) in [6.07, 6.45) is 0. The molecule has 2 aromatic rings. The van der Waals surface area contributed by atoms with Crippen LogP contribution in [0, 0.1) is 17.0 Å². The van der Waals surface area contributed by atoms with E-state index < -0.39 is 0 Å².